The number of hydrogen-bond acceptors (Lipinski definition) is 6. The van der Waals surface area contributed by atoms with Crippen molar-refractivity contribution in [3.8, 4) is 0 Å². The lowest BCUT2D eigenvalue weighted by molar-refractivity contribution is -0.155. The second kappa shape index (κ2) is 11.6. The molecule has 198 valence electrons. The fourth-order valence-electron chi connectivity index (χ4n) is 5.54. The molecule has 3 heterocycles. The molecular formula is C28H34FN3O5. The molecule has 2 amide bonds. The number of aliphatic hydroxyl groups is 1. The molecule has 2 aromatic carbocycles. The van der Waals surface area contributed by atoms with Crippen molar-refractivity contribution in [1.82, 2.24) is 9.80 Å². The molecule has 3 aliphatic heterocycles. The summed E-state index contributed by atoms with van der Waals surface area (Å²) in [7, 11) is 0. The SMILES string of the molecule is O=C(C[C@H]1CC[C@@H]2[C@H](COC[C@@H](O)CN2C(=O)c2ccccc2F)O1)N1CCN(c2ccccc2)CC1. The summed E-state index contributed by atoms with van der Waals surface area (Å²) in [5.74, 6) is -0.995. The smallest absolute Gasteiger partial charge is 0.257 e. The van der Waals surface area contributed by atoms with E-state index in [4.69, 9.17) is 9.47 Å². The highest BCUT2D eigenvalue weighted by atomic mass is 19.1. The van der Waals surface area contributed by atoms with Crippen LogP contribution in [0.2, 0.25) is 0 Å². The number of amides is 2. The maximum Gasteiger partial charge on any atom is 0.257 e. The second-order valence-corrected chi connectivity index (χ2v) is 9.98. The van der Waals surface area contributed by atoms with Gasteiger partial charge in [-0.3, -0.25) is 9.59 Å². The largest absolute Gasteiger partial charge is 0.389 e. The van der Waals surface area contributed by atoms with Crippen molar-refractivity contribution in [2.45, 2.75) is 43.6 Å². The number of benzene rings is 2. The maximum atomic E-state index is 14.4. The average Bonchev–Trinajstić information content (AvgIpc) is 2.91. The zero-order chi connectivity index (χ0) is 25.8. The molecule has 9 heteroatoms. The van der Waals surface area contributed by atoms with Crippen LogP contribution in [0.3, 0.4) is 0 Å². The molecule has 0 spiro atoms. The van der Waals surface area contributed by atoms with Gasteiger partial charge in [0.15, 0.2) is 0 Å². The predicted octanol–water partition coefficient (Wildman–Crippen LogP) is 2.31. The summed E-state index contributed by atoms with van der Waals surface area (Å²) in [4.78, 5) is 32.1. The maximum absolute atomic E-state index is 14.4. The Morgan fingerprint density at radius 3 is 2.43 bits per heavy atom. The summed E-state index contributed by atoms with van der Waals surface area (Å²) in [6.45, 7) is 3.19. The third-order valence-corrected chi connectivity index (χ3v) is 7.50. The van der Waals surface area contributed by atoms with E-state index in [0.29, 0.717) is 25.9 Å². The highest BCUT2D eigenvalue weighted by molar-refractivity contribution is 5.94. The number of piperazine rings is 1. The molecule has 0 saturated carbocycles. The van der Waals surface area contributed by atoms with Crippen LogP contribution >= 0.6 is 0 Å². The lowest BCUT2D eigenvalue weighted by atomic mass is 9.94. The van der Waals surface area contributed by atoms with Crippen LogP contribution < -0.4 is 4.90 Å². The van der Waals surface area contributed by atoms with Gasteiger partial charge < -0.3 is 29.3 Å². The van der Waals surface area contributed by atoms with Crippen molar-refractivity contribution in [1.29, 1.82) is 0 Å². The third kappa shape index (κ3) is 5.95. The zero-order valence-corrected chi connectivity index (χ0v) is 20.9. The van der Waals surface area contributed by atoms with Crippen LogP contribution in [0.5, 0.6) is 0 Å². The fraction of sp³-hybridized carbons (Fsp3) is 0.500. The normalized spacial score (nSPS) is 26.7. The quantitative estimate of drug-likeness (QED) is 0.679. The highest BCUT2D eigenvalue weighted by Crippen LogP contribution is 2.29. The molecule has 3 aliphatic rings. The van der Waals surface area contributed by atoms with E-state index in [1.807, 2.05) is 23.1 Å². The van der Waals surface area contributed by atoms with Crippen LogP contribution in [-0.2, 0) is 14.3 Å². The Labute approximate surface area is 216 Å². The average molecular weight is 512 g/mol. The molecule has 0 bridgehead atoms. The van der Waals surface area contributed by atoms with E-state index < -0.39 is 23.9 Å². The second-order valence-electron chi connectivity index (χ2n) is 9.98. The summed E-state index contributed by atoms with van der Waals surface area (Å²) < 4.78 is 26.3. The van der Waals surface area contributed by atoms with Crippen LogP contribution in [0.4, 0.5) is 10.1 Å². The van der Waals surface area contributed by atoms with Crippen LogP contribution in [0.1, 0.15) is 29.6 Å². The van der Waals surface area contributed by atoms with Gasteiger partial charge >= 0.3 is 0 Å². The number of carbonyl (C=O) groups is 2. The minimum Gasteiger partial charge on any atom is -0.389 e. The van der Waals surface area contributed by atoms with Crippen molar-refractivity contribution in [3.05, 3.63) is 66.0 Å². The Kier molecular flexibility index (Phi) is 8.02. The summed E-state index contributed by atoms with van der Waals surface area (Å²) in [6, 6.07) is 15.7. The van der Waals surface area contributed by atoms with E-state index >= 15 is 0 Å². The molecule has 0 aliphatic carbocycles. The van der Waals surface area contributed by atoms with Crippen LogP contribution in [-0.4, -0.2) is 97.0 Å². The summed E-state index contributed by atoms with van der Waals surface area (Å²) >= 11 is 0. The molecule has 8 nitrogen and oxygen atoms in total. The van der Waals surface area contributed by atoms with Gasteiger partial charge in [0.2, 0.25) is 5.91 Å². The number of carbonyl (C=O) groups excluding carboxylic acids is 2. The molecule has 0 aromatic heterocycles. The molecule has 0 unspecified atom stereocenters. The van der Waals surface area contributed by atoms with E-state index in [1.165, 1.54) is 28.8 Å². The lowest BCUT2D eigenvalue weighted by Gasteiger charge is -2.45. The van der Waals surface area contributed by atoms with Crippen molar-refractivity contribution in [2.24, 2.45) is 0 Å². The number of aliphatic hydroxyl groups excluding tert-OH is 1. The van der Waals surface area contributed by atoms with Gasteiger partial charge in [-0.25, -0.2) is 4.39 Å². The number of rotatable bonds is 4. The first kappa shape index (κ1) is 25.6. The molecular weight excluding hydrogens is 477 g/mol. The molecule has 37 heavy (non-hydrogen) atoms. The summed E-state index contributed by atoms with van der Waals surface area (Å²) in [6.07, 6.45) is -0.151. The third-order valence-electron chi connectivity index (χ3n) is 7.50. The number of β-amino-alcohol motifs (C(OH)–C–C–N with tert-alkyl or cyclic N) is 1. The molecule has 2 aromatic rings. The fourth-order valence-corrected chi connectivity index (χ4v) is 5.54. The number of anilines is 1. The monoisotopic (exact) mass is 511 g/mol. The number of para-hydroxylation sites is 1. The minimum absolute atomic E-state index is 0.0260. The number of hydrogen-bond donors (Lipinski definition) is 1. The van der Waals surface area contributed by atoms with Gasteiger partial charge in [0.05, 0.1) is 43.4 Å². The molecule has 4 atom stereocenters. The zero-order valence-electron chi connectivity index (χ0n) is 20.9. The summed E-state index contributed by atoms with van der Waals surface area (Å²) in [5, 5.41) is 10.3. The Hall–Kier alpha value is -3.01. The minimum atomic E-state index is -0.870. The van der Waals surface area contributed by atoms with Crippen molar-refractivity contribution < 1.29 is 28.6 Å². The van der Waals surface area contributed by atoms with Crippen LogP contribution in [0.25, 0.3) is 0 Å². The standard InChI is InChI=1S/C28H34FN3O5/c29-24-9-5-4-8-23(24)28(35)32-17-21(33)18-36-19-26-25(32)11-10-22(37-26)16-27(34)31-14-12-30(13-15-31)20-6-2-1-3-7-20/h1-9,21-22,25-26,33H,10-19H2/t21-,22+,25+,26-/m0/s1. The van der Waals surface area contributed by atoms with Crippen molar-refractivity contribution in [2.75, 3.05) is 50.8 Å². The molecule has 3 saturated heterocycles. The molecule has 1 N–H and O–H groups in total. The van der Waals surface area contributed by atoms with E-state index in [-0.39, 0.29) is 49.8 Å². The number of fused-ring (bicyclic) bond motifs is 1. The van der Waals surface area contributed by atoms with Gasteiger partial charge in [-0.1, -0.05) is 30.3 Å². The topological polar surface area (TPSA) is 82.5 Å². The predicted molar refractivity (Wildman–Crippen MR) is 136 cm³/mol. The van der Waals surface area contributed by atoms with Gasteiger partial charge in [-0.15, -0.1) is 0 Å². The van der Waals surface area contributed by atoms with Crippen molar-refractivity contribution in [3.63, 3.8) is 0 Å². The molecule has 5 rings (SSSR count). The van der Waals surface area contributed by atoms with Crippen molar-refractivity contribution >= 4 is 17.5 Å². The van der Waals surface area contributed by atoms with Gasteiger partial charge in [-0.2, -0.15) is 0 Å². The molecule has 3 fully saturated rings. The van der Waals surface area contributed by atoms with Crippen LogP contribution in [0.15, 0.2) is 54.6 Å². The van der Waals surface area contributed by atoms with E-state index in [0.717, 1.165) is 13.1 Å². The Balaban J connectivity index is 1.20. The molecule has 0 radical (unpaired) electrons. The van der Waals surface area contributed by atoms with E-state index in [9.17, 15) is 19.1 Å². The Bertz CT molecular complexity index is 1080. The number of nitrogens with zero attached hydrogens (tertiary/aromatic N) is 3. The van der Waals surface area contributed by atoms with Gasteiger partial charge in [0.1, 0.15) is 11.9 Å². The number of ether oxygens (including phenoxy) is 2. The van der Waals surface area contributed by atoms with E-state index in [1.54, 1.807) is 6.07 Å². The highest BCUT2D eigenvalue weighted by Gasteiger charge is 2.41. The summed E-state index contributed by atoms with van der Waals surface area (Å²) in [5.41, 5.74) is 1.14. The van der Waals surface area contributed by atoms with Crippen LogP contribution in [0, 0.1) is 5.82 Å². The number of halogens is 1. The Morgan fingerprint density at radius 2 is 1.68 bits per heavy atom. The van der Waals surface area contributed by atoms with Gasteiger partial charge in [-0.05, 0) is 37.1 Å². The first-order valence-corrected chi connectivity index (χ1v) is 13.0. The lowest BCUT2D eigenvalue weighted by Crippen LogP contribution is -2.58. The first-order chi connectivity index (χ1) is 18.0. The first-order valence-electron chi connectivity index (χ1n) is 13.0. The van der Waals surface area contributed by atoms with Gasteiger partial charge in [0, 0.05) is 38.4 Å². The van der Waals surface area contributed by atoms with Gasteiger partial charge in [0.25, 0.3) is 5.91 Å². The van der Waals surface area contributed by atoms with E-state index in [2.05, 4.69) is 17.0 Å². The Morgan fingerprint density at radius 1 is 0.946 bits per heavy atom.